The zero-order valence-corrected chi connectivity index (χ0v) is 15.7. The summed E-state index contributed by atoms with van der Waals surface area (Å²) >= 11 is 0. The van der Waals surface area contributed by atoms with Crippen LogP contribution in [0.5, 0.6) is 0 Å². The van der Waals surface area contributed by atoms with Crippen molar-refractivity contribution in [3.05, 3.63) is 76.7 Å². The largest absolute Gasteiger partial charge is 0.0620 e. The first-order chi connectivity index (χ1) is 12.9. The number of rotatable bonds is 1. The first kappa shape index (κ1) is 15.5. The summed E-state index contributed by atoms with van der Waals surface area (Å²) in [5, 5.41) is 0. The van der Waals surface area contributed by atoms with Crippen LogP contribution in [0.2, 0.25) is 0 Å². The molecule has 0 N–H and O–H groups in total. The van der Waals surface area contributed by atoms with Crippen LogP contribution < -0.4 is 0 Å². The molecule has 1 fully saturated rings. The van der Waals surface area contributed by atoms with E-state index >= 15 is 0 Å². The van der Waals surface area contributed by atoms with Gasteiger partial charge in [0.1, 0.15) is 0 Å². The summed E-state index contributed by atoms with van der Waals surface area (Å²) in [7, 11) is 0. The highest BCUT2D eigenvalue weighted by Gasteiger charge is 2.53. The molecule has 4 unspecified atom stereocenters. The van der Waals surface area contributed by atoms with Gasteiger partial charge in [-0.25, -0.2) is 0 Å². The molecule has 2 aromatic rings. The minimum absolute atomic E-state index is 0.439. The molecule has 4 aliphatic rings. The van der Waals surface area contributed by atoms with Crippen molar-refractivity contribution < 1.29 is 0 Å². The van der Waals surface area contributed by atoms with Gasteiger partial charge in [0.25, 0.3) is 0 Å². The number of hydrogen-bond donors (Lipinski definition) is 0. The molecule has 6 rings (SSSR count). The highest BCUT2D eigenvalue weighted by molar-refractivity contribution is 5.50. The van der Waals surface area contributed by atoms with Crippen LogP contribution in [0.1, 0.15) is 91.9 Å². The lowest BCUT2D eigenvalue weighted by atomic mass is 9.58. The lowest BCUT2D eigenvalue weighted by Crippen LogP contribution is -2.39. The molecule has 0 heterocycles. The zero-order chi connectivity index (χ0) is 17.1. The Kier molecular flexibility index (Phi) is 3.41. The third-order valence-electron chi connectivity index (χ3n) is 8.36. The summed E-state index contributed by atoms with van der Waals surface area (Å²) in [6, 6.07) is 19.0. The van der Waals surface area contributed by atoms with Crippen LogP contribution >= 0.6 is 0 Å². The van der Waals surface area contributed by atoms with E-state index in [0.29, 0.717) is 5.41 Å². The summed E-state index contributed by atoms with van der Waals surface area (Å²) in [5.41, 5.74) is 7.21. The Bertz CT molecular complexity index is 833. The summed E-state index contributed by atoms with van der Waals surface area (Å²) < 4.78 is 0. The number of hydrogen-bond acceptors (Lipinski definition) is 0. The molecule has 0 aliphatic heterocycles. The fourth-order valence-electron chi connectivity index (χ4n) is 7.42. The minimum atomic E-state index is 0.439. The van der Waals surface area contributed by atoms with Crippen molar-refractivity contribution in [1.82, 2.24) is 0 Å². The maximum absolute atomic E-state index is 2.50. The fraction of sp³-hybridized carbons (Fsp3) is 0.500. The van der Waals surface area contributed by atoms with Gasteiger partial charge in [0.2, 0.25) is 0 Å². The normalized spacial score (nSPS) is 35.5. The maximum atomic E-state index is 2.50. The molecule has 0 heteroatoms. The van der Waals surface area contributed by atoms with Crippen molar-refractivity contribution in [3.63, 3.8) is 0 Å². The number of fused-ring (bicyclic) bond motifs is 5. The van der Waals surface area contributed by atoms with E-state index in [9.17, 15) is 0 Å². The van der Waals surface area contributed by atoms with Gasteiger partial charge in [-0.05, 0) is 90.4 Å². The molecular formula is C26H29. The van der Waals surface area contributed by atoms with Crippen LogP contribution in [0.3, 0.4) is 0 Å². The van der Waals surface area contributed by atoms with Gasteiger partial charge < -0.3 is 0 Å². The first-order valence-electron chi connectivity index (χ1n) is 10.9. The molecule has 133 valence electrons. The summed E-state index contributed by atoms with van der Waals surface area (Å²) in [6.45, 7) is 0. The Morgan fingerprint density at radius 1 is 0.731 bits per heavy atom. The smallest absolute Gasteiger partial charge is 0.00924 e. The van der Waals surface area contributed by atoms with Gasteiger partial charge in [0, 0.05) is 5.92 Å². The van der Waals surface area contributed by atoms with Crippen molar-refractivity contribution in [2.75, 3.05) is 0 Å². The van der Waals surface area contributed by atoms with E-state index in [2.05, 4.69) is 48.5 Å². The highest BCUT2D eigenvalue weighted by atomic mass is 14.6. The monoisotopic (exact) mass is 341 g/mol. The maximum Gasteiger partial charge on any atom is 0.00924 e. The van der Waals surface area contributed by atoms with E-state index in [-0.39, 0.29) is 0 Å². The van der Waals surface area contributed by atoms with E-state index in [1.54, 1.807) is 22.3 Å². The Hall–Kier alpha value is -1.56. The molecule has 1 radical (unpaired) electrons. The summed E-state index contributed by atoms with van der Waals surface area (Å²) in [4.78, 5) is 0. The predicted octanol–water partition coefficient (Wildman–Crippen LogP) is 6.90. The van der Waals surface area contributed by atoms with Gasteiger partial charge in [-0.3, -0.25) is 0 Å². The lowest BCUT2D eigenvalue weighted by molar-refractivity contribution is 0.188. The SMILES string of the molecule is c1ccc2c(c1)[C]1CCCC2CCC1C12CCCC(C1)c1ccccc12. The Balaban J connectivity index is 1.52. The second-order valence-corrected chi connectivity index (χ2v) is 9.37. The van der Waals surface area contributed by atoms with E-state index in [1.165, 1.54) is 57.8 Å². The topological polar surface area (TPSA) is 0 Å². The van der Waals surface area contributed by atoms with Gasteiger partial charge >= 0.3 is 0 Å². The van der Waals surface area contributed by atoms with E-state index in [0.717, 1.165) is 17.8 Å². The van der Waals surface area contributed by atoms with E-state index in [1.807, 2.05) is 5.92 Å². The molecule has 0 saturated heterocycles. The van der Waals surface area contributed by atoms with Crippen LogP contribution in [0.15, 0.2) is 48.5 Å². The van der Waals surface area contributed by atoms with Gasteiger partial charge in [0.15, 0.2) is 0 Å². The lowest BCUT2D eigenvalue weighted by Gasteiger charge is -2.45. The van der Waals surface area contributed by atoms with Crippen molar-refractivity contribution in [2.45, 2.75) is 75.0 Å². The van der Waals surface area contributed by atoms with Crippen LogP contribution in [0, 0.1) is 11.8 Å². The standard InChI is InChI=1S/C26H29/c1-2-11-22-20(9-1)18-7-5-12-23(22)25(15-14-18)26-16-6-8-19(17-26)21-10-3-4-13-24(21)26/h1-4,9-11,13,18-19,25H,5-8,12,14-17H2. The van der Waals surface area contributed by atoms with E-state index in [4.69, 9.17) is 0 Å². The molecule has 4 aliphatic carbocycles. The summed E-state index contributed by atoms with van der Waals surface area (Å²) in [5.74, 6) is 4.25. The van der Waals surface area contributed by atoms with Crippen LogP contribution in [-0.4, -0.2) is 0 Å². The van der Waals surface area contributed by atoms with Crippen LogP contribution in [0.4, 0.5) is 0 Å². The molecule has 0 amide bonds. The average Bonchev–Trinajstić information content (AvgIpc) is 2.83. The molecule has 0 spiro atoms. The Morgan fingerprint density at radius 3 is 2.50 bits per heavy atom. The summed E-state index contributed by atoms with van der Waals surface area (Å²) in [6.07, 6.45) is 12.6. The third kappa shape index (κ3) is 2.02. The molecule has 1 saturated carbocycles. The van der Waals surface area contributed by atoms with Gasteiger partial charge in [-0.15, -0.1) is 0 Å². The zero-order valence-electron chi connectivity index (χ0n) is 15.7. The Morgan fingerprint density at radius 2 is 1.54 bits per heavy atom. The predicted molar refractivity (Wildman–Crippen MR) is 107 cm³/mol. The molecule has 0 aromatic heterocycles. The first-order valence-corrected chi connectivity index (χ1v) is 10.9. The highest BCUT2D eigenvalue weighted by Crippen LogP contribution is 2.63. The molecule has 4 bridgehead atoms. The van der Waals surface area contributed by atoms with Crippen molar-refractivity contribution in [2.24, 2.45) is 5.92 Å². The second-order valence-electron chi connectivity index (χ2n) is 9.37. The van der Waals surface area contributed by atoms with Gasteiger partial charge in [-0.2, -0.15) is 0 Å². The van der Waals surface area contributed by atoms with Gasteiger partial charge in [0.05, 0.1) is 0 Å². The fourth-order valence-corrected chi connectivity index (χ4v) is 7.42. The van der Waals surface area contributed by atoms with Crippen LogP contribution in [-0.2, 0) is 5.41 Å². The van der Waals surface area contributed by atoms with Gasteiger partial charge in [-0.1, -0.05) is 61.4 Å². The van der Waals surface area contributed by atoms with Crippen LogP contribution in [0.25, 0.3) is 0 Å². The Labute approximate surface area is 158 Å². The molecular weight excluding hydrogens is 312 g/mol. The van der Waals surface area contributed by atoms with Crippen molar-refractivity contribution in [1.29, 1.82) is 0 Å². The quantitative estimate of drug-likeness (QED) is 0.529. The van der Waals surface area contributed by atoms with Crippen molar-refractivity contribution >= 4 is 0 Å². The minimum Gasteiger partial charge on any atom is -0.0620 e. The molecule has 26 heavy (non-hydrogen) atoms. The van der Waals surface area contributed by atoms with E-state index < -0.39 is 0 Å². The molecule has 2 aromatic carbocycles. The molecule has 4 atom stereocenters. The number of benzene rings is 2. The average molecular weight is 342 g/mol. The second kappa shape index (κ2) is 5.72. The molecule has 0 nitrogen and oxygen atoms in total. The third-order valence-corrected chi connectivity index (χ3v) is 8.36. The van der Waals surface area contributed by atoms with Crippen molar-refractivity contribution in [3.8, 4) is 0 Å².